The lowest BCUT2D eigenvalue weighted by atomic mass is 10.1. The van der Waals surface area contributed by atoms with Crippen molar-refractivity contribution in [2.45, 2.75) is 39.4 Å². The van der Waals surface area contributed by atoms with Crippen molar-refractivity contribution >= 4 is 23.6 Å². The van der Waals surface area contributed by atoms with E-state index in [0.29, 0.717) is 18.0 Å². The molecule has 0 spiro atoms. The van der Waals surface area contributed by atoms with Crippen molar-refractivity contribution < 1.29 is 23.8 Å². The van der Waals surface area contributed by atoms with Gasteiger partial charge >= 0.3 is 5.97 Å². The lowest BCUT2D eigenvalue weighted by Gasteiger charge is -2.12. The van der Waals surface area contributed by atoms with Gasteiger partial charge in [0.25, 0.3) is 5.91 Å². The Morgan fingerprint density at radius 2 is 2.03 bits per heavy atom. The van der Waals surface area contributed by atoms with Gasteiger partial charge in [0.05, 0.1) is 6.61 Å². The van der Waals surface area contributed by atoms with Crippen LogP contribution in [0.1, 0.15) is 31.9 Å². The highest BCUT2D eigenvalue weighted by molar-refractivity contribution is 5.96. The topological polar surface area (TPSA) is 73.9 Å². The third-order valence-corrected chi connectivity index (χ3v) is 4.43. The van der Waals surface area contributed by atoms with E-state index in [0.717, 1.165) is 23.3 Å². The summed E-state index contributed by atoms with van der Waals surface area (Å²) in [7, 11) is 0. The largest absolute Gasteiger partial charge is 0.493 e. The summed E-state index contributed by atoms with van der Waals surface area (Å²) >= 11 is 0. The van der Waals surface area contributed by atoms with Gasteiger partial charge in [-0.1, -0.05) is 18.2 Å². The first-order chi connectivity index (χ1) is 14.0. The SMILES string of the molecule is CCOc1cc2c(cc1/C=C/C(=O)O[C@H](C)C(=O)Nc1ccccc1)O[C@@H](C)C2. The predicted molar refractivity (Wildman–Crippen MR) is 111 cm³/mol. The Kier molecular flexibility index (Phi) is 6.54. The second-order valence-electron chi connectivity index (χ2n) is 6.83. The summed E-state index contributed by atoms with van der Waals surface area (Å²) in [5, 5.41) is 2.70. The highest BCUT2D eigenvalue weighted by atomic mass is 16.5. The van der Waals surface area contributed by atoms with Crippen LogP contribution in [0.3, 0.4) is 0 Å². The van der Waals surface area contributed by atoms with E-state index >= 15 is 0 Å². The molecule has 6 nitrogen and oxygen atoms in total. The average molecular weight is 395 g/mol. The molecule has 0 unspecified atom stereocenters. The van der Waals surface area contributed by atoms with E-state index in [1.165, 1.54) is 13.0 Å². The standard InChI is InChI=1S/C23H25NO5/c1-4-27-20-14-18-12-15(2)28-21(18)13-17(20)10-11-22(25)29-16(3)23(26)24-19-8-6-5-7-9-19/h5-11,13-16H,4,12H2,1-3H3,(H,24,26)/b11-10+/t15-,16+/m0/s1. The number of anilines is 1. The van der Waals surface area contributed by atoms with Gasteiger partial charge in [-0.3, -0.25) is 4.79 Å². The number of hydrogen-bond donors (Lipinski definition) is 1. The van der Waals surface area contributed by atoms with E-state index in [2.05, 4.69) is 5.32 Å². The van der Waals surface area contributed by atoms with Crippen LogP contribution in [-0.2, 0) is 20.7 Å². The first-order valence-corrected chi connectivity index (χ1v) is 9.67. The van der Waals surface area contributed by atoms with Crippen molar-refractivity contribution in [3.63, 3.8) is 0 Å². The minimum absolute atomic E-state index is 0.118. The summed E-state index contributed by atoms with van der Waals surface area (Å²) in [6.07, 6.45) is 2.92. The van der Waals surface area contributed by atoms with E-state index in [1.54, 1.807) is 18.2 Å². The van der Waals surface area contributed by atoms with Crippen LogP contribution in [0.15, 0.2) is 48.5 Å². The fourth-order valence-corrected chi connectivity index (χ4v) is 3.06. The van der Waals surface area contributed by atoms with E-state index in [-0.39, 0.29) is 6.10 Å². The Labute approximate surface area is 170 Å². The number of rotatable bonds is 7. The number of amides is 1. The molecule has 1 aliphatic heterocycles. The van der Waals surface area contributed by atoms with Gasteiger partial charge < -0.3 is 19.5 Å². The van der Waals surface area contributed by atoms with Crippen molar-refractivity contribution in [3.8, 4) is 11.5 Å². The van der Waals surface area contributed by atoms with E-state index in [9.17, 15) is 9.59 Å². The molecule has 2 aromatic carbocycles. The molecule has 0 saturated heterocycles. The number of para-hydroxylation sites is 1. The third-order valence-electron chi connectivity index (χ3n) is 4.43. The van der Waals surface area contributed by atoms with Crippen LogP contribution in [0.5, 0.6) is 11.5 Å². The van der Waals surface area contributed by atoms with Crippen LogP contribution in [0, 0.1) is 0 Å². The normalized spacial score (nSPS) is 16.0. The van der Waals surface area contributed by atoms with Crippen LogP contribution < -0.4 is 14.8 Å². The molecule has 1 N–H and O–H groups in total. The molecule has 0 bridgehead atoms. The molecule has 0 aromatic heterocycles. The predicted octanol–water partition coefficient (Wildman–Crippen LogP) is 3.99. The summed E-state index contributed by atoms with van der Waals surface area (Å²) in [5.41, 5.74) is 2.45. The maximum atomic E-state index is 12.2. The Balaban J connectivity index is 1.64. The van der Waals surface area contributed by atoms with Gasteiger partial charge in [-0.25, -0.2) is 4.79 Å². The molecule has 3 rings (SSSR count). The van der Waals surface area contributed by atoms with Crippen LogP contribution in [0.2, 0.25) is 0 Å². The van der Waals surface area contributed by atoms with Crippen LogP contribution in [0.4, 0.5) is 5.69 Å². The summed E-state index contributed by atoms with van der Waals surface area (Å²) in [5.74, 6) is 0.471. The molecular formula is C23H25NO5. The monoisotopic (exact) mass is 395 g/mol. The van der Waals surface area contributed by atoms with Crippen molar-refractivity contribution in [1.82, 2.24) is 0 Å². The first-order valence-electron chi connectivity index (χ1n) is 9.67. The number of ether oxygens (including phenoxy) is 3. The Morgan fingerprint density at radius 3 is 2.76 bits per heavy atom. The van der Waals surface area contributed by atoms with Gasteiger partial charge in [0, 0.05) is 29.3 Å². The van der Waals surface area contributed by atoms with E-state index in [4.69, 9.17) is 14.2 Å². The van der Waals surface area contributed by atoms with Gasteiger partial charge in [-0.15, -0.1) is 0 Å². The molecule has 0 fully saturated rings. The maximum Gasteiger partial charge on any atom is 0.331 e. The highest BCUT2D eigenvalue weighted by Gasteiger charge is 2.21. The second kappa shape index (κ2) is 9.28. The number of carbonyl (C=O) groups excluding carboxylic acids is 2. The summed E-state index contributed by atoms with van der Waals surface area (Å²) < 4.78 is 16.7. The average Bonchev–Trinajstić information content (AvgIpc) is 3.06. The number of hydrogen-bond acceptors (Lipinski definition) is 5. The minimum atomic E-state index is -0.928. The molecule has 1 amide bonds. The Bertz CT molecular complexity index is 907. The van der Waals surface area contributed by atoms with Gasteiger partial charge in [0.2, 0.25) is 0 Å². The second-order valence-corrected chi connectivity index (χ2v) is 6.83. The number of fused-ring (bicyclic) bond motifs is 1. The maximum absolute atomic E-state index is 12.2. The van der Waals surface area contributed by atoms with Gasteiger partial charge in [-0.2, -0.15) is 0 Å². The number of esters is 1. The number of nitrogens with one attached hydrogen (secondary N) is 1. The van der Waals surface area contributed by atoms with Crippen molar-refractivity contribution in [2.75, 3.05) is 11.9 Å². The molecule has 1 aliphatic rings. The van der Waals surface area contributed by atoms with Gasteiger partial charge in [-0.05, 0) is 51.1 Å². The summed E-state index contributed by atoms with van der Waals surface area (Å²) in [6, 6.07) is 12.8. The number of benzene rings is 2. The van der Waals surface area contributed by atoms with Gasteiger partial charge in [0.15, 0.2) is 6.10 Å². The van der Waals surface area contributed by atoms with Gasteiger partial charge in [0.1, 0.15) is 17.6 Å². The molecule has 2 atom stereocenters. The highest BCUT2D eigenvalue weighted by Crippen LogP contribution is 2.35. The zero-order chi connectivity index (χ0) is 20.8. The lowest BCUT2D eigenvalue weighted by Crippen LogP contribution is -2.29. The quantitative estimate of drug-likeness (QED) is 0.567. The molecule has 0 aliphatic carbocycles. The minimum Gasteiger partial charge on any atom is -0.493 e. The first kappa shape index (κ1) is 20.5. The molecule has 29 heavy (non-hydrogen) atoms. The zero-order valence-corrected chi connectivity index (χ0v) is 16.8. The Hall–Kier alpha value is -3.28. The molecular weight excluding hydrogens is 370 g/mol. The molecule has 2 aromatic rings. The van der Waals surface area contributed by atoms with E-state index < -0.39 is 18.0 Å². The lowest BCUT2D eigenvalue weighted by molar-refractivity contribution is -0.148. The van der Waals surface area contributed by atoms with Crippen molar-refractivity contribution in [2.24, 2.45) is 0 Å². The molecule has 0 saturated carbocycles. The fourth-order valence-electron chi connectivity index (χ4n) is 3.06. The molecule has 152 valence electrons. The van der Waals surface area contributed by atoms with Crippen molar-refractivity contribution in [3.05, 3.63) is 59.7 Å². The summed E-state index contributed by atoms with van der Waals surface area (Å²) in [6.45, 7) is 5.95. The molecule has 6 heteroatoms. The molecule has 1 heterocycles. The zero-order valence-electron chi connectivity index (χ0n) is 16.8. The van der Waals surface area contributed by atoms with Crippen LogP contribution in [-0.4, -0.2) is 30.7 Å². The summed E-state index contributed by atoms with van der Waals surface area (Å²) in [4.78, 5) is 24.3. The third kappa shape index (κ3) is 5.38. The number of carbonyl (C=O) groups is 2. The molecule has 0 radical (unpaired) electrons. The van der Waals surface area contributed by atoms with Crippen molar-refractivity contribution in [1.29, 1.82) is 0 Å². The fraction of sp³-hybridized carbons (Fsp3) is 0.304. The smallest absolute Gasteiger partial charge is 0.331 e. The Morgan fingerprint density at radius 1 is 1.28 bits per heavy atom. The van der Waals surface area contributed by atoms with E-state index in [1.807, 2.05) is 44.2 Å². The van der Waals surface area contributed by atoms with Crippen LogP contribution in [0.25, 0.3) is 6.08 Å². The van der Waals surface area contributed by atoms with Crippen LogP contribution >= 0.6 is 0 Å².